The molecule has 1 unspecified atom stereocenters. The van der Waals surface area contributed by atoms with E-state index in [4.69, 9.17) is 4.98 Å². The Bertz CT molecular complexity index is 1690. The Kier molecular flexibility index (Phi) is 6.89. The maximum absolute atomic E-state index is 13.6. The van der Waals surface area contributed by atoms with Crippen LogP contribution in [0.1, 0.15) is 30.0 Å². The number of nitrogens with zero attached hydrogens (tertiary/aromatic N) is 5. The van der Waals surface area contributed by atoms with Crippen LogP contribution in [-0.4, -0.2) is 53.2 Å². The largest absolute Gasteiger partial charge is 0.366 e. The minimum absolute atomic E-state index is 0.0182. The maximum atomic E-state index is 13.6. The standard InChI is InChI=1S/C29H29BN6O2S/c30-26-19-33-36-28(32-18-21-6-4-14-31-17-21)16-27(34-29(26)36)24-9-5-15-35(20-24)39(37,38)25-12-10-23(11-13-25)22-7-2-1-3-8-22/h1-4,6-8,10-14,16-17,19,24,32H,5,9,15,18,20,30H2. The number of fused-ring (bicyclic) bond motifs is 1. The molecule has 3 aromatic heterocycles. The van der Waals surface area contributed by atoms with Crippen molar-refractivity contribution in [1.82, 2.24) is 23.9 Å². The van der Waals surface area contributed by atoms with Crippen LogP contribution in [0, 0.1) is 0 Å². The maximum Gasteiger partial charge on any atom is 0.243 e. The predicted molar refractivity (Wildman–Crippen MR) is 155 cm³/mol. The molecule has 0 aliphatic carbocycles. The highest BCUT2D eigenvalue weighted by molar-refractivity contribution is 7.89. The zero-order valence-corrected chi connectivity index (χ0v) is 22.6. The number of benzene rings is 2. The van der Waals surface area contributed by atoms with Gasteiger partial charge in [0.15, 0.2) is 5.65 Å². The summed E-state index contributed by atoms with van der Waals surface area (Å²) in [6, 6.07) is 23.1. The van der Waals surface area contributed by atoms with E-state index in [0.29, 0.717) is 24.5 Å². The van der Waals surface area contributed by atoms with Crippen LogP contribution in [0.5, 0.6) is 0 Å². The van der Waals surface area contributed by atoms with Crippen LogP contribution in [-0.2, 0) is 16.6 Å². The van der Waals surface area contributed by atoms with Gasteiger partial charge in [-0.25, -0.2) is 13.4 Å². The Balaban J connectivity index is 1.25. The first-order valence-corrected chi connectivity index (χ1v) is 14.6. The van der Waals surface area contributed by atoms with Gasteiger partial charge in [-0.1, -0.05) is 48.5 Å². The first kappa shape index (κ1) is 25.3. The average Bonchev–Trinajstić information content (AvgIpc) is 3.37. The van der Waals surface area contributed by atoms with Crippen molar-refractivity contribution in [1.29, 1.82) is 0 Å². The van der Waals surface area contributed by atoms with Crippen molar-refractivity contribution in [2.75, 3.05) is 18.4 Å². The molecule has 0 radical (unpaired) electrons. The van der Waals surface area contributed by atoms with Gasteiger partial charge in [-0.05, 0) is 53.2 Å². The second-order valence-corrected chi connectivity index (χ2v) is 11.9. The van der Waals surface area contributed by atoms with Crippen LogP contribution < -0.4 is 10.8 Å². The van der Waals surface area contributed by atoms with E-state index in [0.717, 1.165) is 52.2 Å². The van der Waals surface area contributed by atoms with Gasteiger partial charge in [0.2, 0.25) is 10.0 Å². The molecule has 6 rings (SSSR count). The molecule has 5 aromatic rings. The van der Waals surface area contributed by atoms with Gasteiger partial charge < -0.3 is 5.32 Å². The third kappa shape index (κ3) is 5.17. The molecule has 2 aromatic carbocycles. The topological polar surface area (TPSA) is 92.5 Å². The second-order valence-electron chi connectivity index (χ2n) is 9.94. The number of hydrogen-bond donors (Lipinski definition) is 1. The van der Waals surface area contributed by atoms with Crippen molar-refractivity contribution in [3.63, 3.8) is 0 Å². The monoisotopic (exact) mass is 536 g/mol. The predicted octanol–water partition coefficient (Wildman–Crippen LogP) is 3.23. The number of sulfonamides is 1. The second kappa shape index (κ2) is 10.6. The summed E-state index contributed by atoms with van der Waals surface area (Å²) in [5.74, 6) is 0.804. The lowest BCUT2D eigenvalue weighted by atomic mass is 9.95. The van der Waals surface area contributed by atoms with Crippen LogP contribution in [0.3, 0.4) is 0 Å². The van der Waals surface area contributed by atoms with Gasteiger partial charge in [0.1, 0.15) is 13.7 Å². The molecule has 0 spiro atoms. The number of aromatic nitrogens is 4. The summed E-state index contributed by atoms with van der Waals surface area (Å²) in [6.07, 6.45) is 7.03. The number of anilines is 1. The zero-order valence-electron chi connectivity index (χ0n) is 21.7. The summed E-state index contributed by atoms with van der Waals surface area (Å²) >= 11 is 0. The highest BCUT2D eigenvalue weighted by Crippen LogP contribution is 2.31. The number of nitrogens with one attached hydrogen (secondary N) is 1. The van der Waals surface area contributed by atoms with E-state index in [1.54, 1.807) is 33.3 Å². The molecule has 1 fully saturated rings. The summed E-state index contributed by atoms with van der Waals surface area (Å²) in [7, 11) is -1.65. The zero-order chi connectivity index (χ0) is 26.8. The van der Waals surface area contributed by atoms with Gasteiger partial charge >= 0.3 is 0 Å². The highest BCUT2D eigenvalue weighted by atomic mass is 32.2. The van der Waals surface area contributed by atoms with E-state index >= 15 is 0 Å². The Morgan fingerprint density at radius 3 is 2.54 bits per heavy atom. The normalized spacial score (nSPS) is 16.4. The van der Waals surface area contributed by atoms with Crippen LogP contribution >= 0.6 is 0 Å². The van der Waals surface area contributed by atoms with Gasteiger partial charge in [0, 0.05) is 50.2 Å². The highest BCUT2D eigenvalue weighted by Gasteiger charge is 2.32. The van der Waals surface area contributed by atoms with Crippen molar-refractivity contribution in [3.8, 4) is 11.1 Å². The minimum Gasteiger partial charge on any atom is -0.366 e. The fraction of sp³-hybridized carbons (Fsp3) is 0.207. The molecule has 10 heteroatoms. The summed E-state index contributed by atoms with van der Waals surface area (Å²) in [6.45, 7) is 1.48. The Labute approximate surface area is 229 Å². The lowest BCUT2D eigenvalue weighted by molar-refractivity contribution is 0.313. The van der Waals surface area contributed by atoms with Gasteiger partial charge in [-0.2, -0.15) is 13.9 Å². The number of piperidine rings is 1. The summed E-state index contributed by atoms with van der Waals surface area (Å²) in [4.78, 5) is 9.45. The molecule has 1 aliphatic rings. The van der Waals surface area contributed by atoms with Crippen molar-refractivity contribution in [2.45, 2.75) is 30.2 Å². The fourth-order valence-electron chi connectivity index (χ4n) is 5.12. The molecular weight excluding hydrogens is 507 g/mol. The molecule has 1 aliphatic heterocycles. The quantitative estimate of drug-likeness (QED) is 0.321. The van der Waals surface area contributed by atoms with E-state index < -0.39 is 10.0 Å². The first-order valence-electron chi connectivity index (χ1n) is 13.1. The molecule has 1 atom stereocenters. The molecule has 0 bridgehead atoms. The third-order valence-corrected chi connectivity index (χ3v) is 9.15. The van der Waals surface area contributed by atoms with Crippen LogP contribution in [0.4, 0.5) is 5.82 Å². The first-order chi connectivity index (χ1) is 19.0. The van der Waals surface area contributed by atoms with E-state index in [1.165, 1.54) is 0 Å². The van der Waals surface area contributed by atoms with E-state index in [9.17, 15) is 8.42 Å². The molecule has 0 amide bonds. The Morgan fingerprint density at radius 1 is 0.974 bits per heavy atom. The van der Waals surface area contributed by atoms with Crippen molar-refractivity contribution >= 4 is 34.8 Å². The molecule has 196 valence electrons. The van der Waals surface area contributed by atoms with Gasteiger partial charge in [-0.15, -0.1) is 0 Å². The number of pyridine rings is 1. The lowest BCUT2D eigenvalue weighted by Crippen LogP contribution is -2.39. The molecule has 39 heavy (non-hydrogen) atoms. The lowest BCUT2D eigenvalue weighted by Gasteiger charge is -2.32. The van der Waals surface area contributed by atoms with Crippen LogP contribution in [0.25, 0.3) is 16.8 Å². The van der Waals surface area contributed by atoms with Crippen molar-refractivity contribution in [2.24, 2.45) is 0 Å². The van der Waals surface area contributed by atoms with Gasteiger partial charge in [-0.3, -0.25) is 4.98 Å². The molecule has 4 heterocycles. The summed E-state index contributed by atoms with van der Waals surface area (Å²) in [5.41, 5.74) is 5.73. The SMILES string of the molecule is Bc1cnn2c(NCc3cccnc3)cc(C3CCCN(S(=O)(=O)c4ccc(-c5ccccc5)cc4)C3)nc12. The van der Waals surface area contributed by atoms with Crippen LogP contribution in [0.2, 0.25) is 0 Å². The molecular formula is C29H29BN6O2S. The minimum atomic E-state index is -3.63. The average molecular weight is 536 g/mol. The van der Waals surface area contributed by atoms with E-state index in [-0.39, 0.29) is 5.92 Å². The molecule has 1 saturated heterocycles. The summed E-state index contributed by atoms with van der Waals surface area (Å²) in [5, 5.41) is 7.98. The number of hydrogen-bond acceptors (Lipinski definition) is 6. The van der Waals surface area contributed by atoms with Crippen molar-refractivity contribution < 1.29 is 8.42 Å². The fourth-order valence-corrected chi connectivity index (χ4v) is 6.65. The Morgan fingerprint density at radius 2 is 1.77 bits per heavy atom. The third-order valence-electron chi connectivity index (χ3n) is 7.27. The number of rotatable bonds is 7. The van der Waals surface area contributed by atoms with Crippen LogP contribution in [0.15, 0.2) is 96.3 Å². The van der Waals surface area contributed by atoms with E-state index in [2.05, 4.69) is 15.4 Å². The molecule has 1 N–H and O–H groups in total. The van der Waals surface area contributed by atoms with Gasteiger partial charge in [0.25, 0.3) is 0 Å². The molecule has 0 saturated carbocycles. The molecule has 8 nitrogen and oxygen atoms in total. The summed E-state index contributed by atoms with van der Waals surface area (Å²) < 4.78 is 30.7. The Hall–Kier alpha value is -4.02. The van der Waals surface area contributed by atoms with E-state index in [1.807, 2.05) is 74.7 Å². The van der Waals surface area contributed by atoms with Crippen molar-refractivity contribution in [3.05, 3.63) is 103 Å². The van der Waals surface area contributed by atoms with Gasteiger partial charge in [0.05, 0.1) is 10.6 Å². The smallest absolute Gasteiger partial charge is 0.243 e.